The molecule has 1 heterocycles. The molecule has 0 saturated carbocycles. The van der Waals surface area contributed by atoms with Crippen LogP contribution < -0.4 is 0 Å². The van der Waals surface area contributed by atoms with Crippen molar-refractivity contribution in [2.75, 3.05) is 13.6 Å². The van der Waals surface area contributed by atoms with Crippen molar-refractivity contribution in [2.24, 2.45) is 0 Å². The minimum absolute atomic E-state index is 0.518. The van der Waals surface area contributed by atoms with Crippen LogP contribution in [0.15, 0.2) is 28.8 Å². The number of nitrogens with zero attached hydrogens (tertiary/aromatic N) is 3. The Kier molecular flexibility index (Phi) is 4.75. The Morgan fingerprint density at radius 1 is 1.24 bits per heavy atom. The van der Waals surface area contributed by atoms with Crippen LogP contribution in [0.5, 0.6) is 0 Å². The minimum Gasteiger partial charge on any atom is -0.389 e. The number of benzene rings is 1. The number of hydrogen-bond acceptors (Lipinski definition) is 5. The van der Waals surface area contributed by atoms with E-state index >= 15 is 0 Å². The van der Waals surface area contributed by atoms with E-state index < -0.39 is 5.60 Å². The van der Waals surface area contributed by atoms with E-state index in [-0.39, 0.29) is 0 Å². The number of hydrogen-bond donors (Lipinski definition) is 1. The van der Waals surface area contributed by atoms with E-state index in [1.54, 1.807) is 13.8 Å². The van der Waals surface area contributed by atoms with Crippen LogP contribution in [0.3, 0.4) is 0 Å². The van der Waals surface area contributed by atoms with Crippen molar-refractivity contribution in [2.45, 2.75) is 39.3 Å². The normalized spacial score (nSPS) is 12.1. The lowest BCUT2D eigenvalue weighted by atomic mass is 10.1. The monoisotopic (exact) mass is 289 g/mol. The van der Waals surface area contributed by atoms with Gasteiger partial charge >= 0.3 is 0 Å². The first kappa shape index (κ1) is 15.7. The van der Waals surface area contributed by atoms with Gasteiger partial charge in [0.2, 0.25) is 11.7 Å². The van der Waals surface area contributed by atoms with E-state index in [9.17, 15) is 5.11 Å². The number of aliphatic hydroxyl groups is 1. The lowest BCUT2D eigenvalue weighted by Crippen LogP contribution is -2.35. The number of likely N-dealkylation sites (N-methyl/N-ethyl adjacent to an activating group) is 1. The first-order valence-corrected chi connectivity index (χ1v) is 7.20. The average molecular weight is 289 g/mol. The van der Waals surface area contributed by atoms with Crippen LogP contribution >= 0.6 is 0 Å². The van der Waals surface area contributed by atoms with Crippen molar-refractivity contribution in [1.29, 1.82) is 0 Å². The summed E-state index contributed by atoms with van der Waals surface area (Å²) >= 11 is 0. The fourth-order valence-corrected chi connectivity index (χ4v) is 2.27. The van der Waals surface area contributed by atoms with Gasteiger partial charge in [0.15, 0.2) is 0 Å². The van der Waals surface area contributed by atoms with Gasteiger partial charge in [0.1, 0.15) is 0 Å². The Bertz CT molecular complexity index is 570. The Balaban J connectivity index is 2.03. The van der Waals surface area contributed by atoms with Gasteiger partial charge in [-0.2, -0.15) is 4.98 Å². The van der Waals surface area contributed by atoms with Gasteiger partial charge < -0.3 is 9.63 Å². The van der Waals surface area contributed by atoms with Gasteiger partial charge in [-0.05, 0) is 32.9 Å². The molecule has 0 aliphatic carbocycles. The lowest BCUT2D eigenvalue weighted by molar-refractivity contribution is 0.0397. The third-order valence-electron chi connectivity index (χ3n) is 3.15. The molecule has 1 aromatic carbocycles. The van der Waals surface area contributed by atoms with Crippen LogP contribution in [0.2, 0.25) is 0 Å². The van der Waals surface area contributed by atoms with Gasteiger partial charge in [-0.3, -0.25) is 4.90 Å². The molecule has 0 amide bonds. The molecule has 21 heavy (non-hydrogen) atoms. The van der Waals surface area contributed by atoms with Crippen LogP contribution in [-0.2, 0) is 13.0 Å². The molecule has 0 bridgehead atoms. The Morgan fingerprint density at radius 3 is 2.48 bits per heavy atom. The maximum absolute atomic E-state index is 9.79. The molecule has 0 aliphatic heterocycles. The molecule has 5 heteroatoms. The van der Waals surface area contributed by atoms with Crippen LogP contribution in [0.25, 0.3) is 11.4 Å². The molecular weight excluding hydrogens is 266 g/mol. The van der Waals surface area contributed by atoms with E-state index in [1.807, 2.05) is 24.1 Å². The maximum atomic E-state index is 9.79. The highest BCUT2D eigenvalue weighted by atomic mass is 16.5. The first-order chi connectivity index (χ1) is 9.87. The molecule has 0 unspecified atom stereocenters. The summed E-state index contributed by atoms with van der Waals surface area (Å²) in [5, 5.41) is 13.8. The quantitative estimate of drug-likeness (QED) is 0.885. The lowest BCUT2D eigenvalue weighted by Gasteiger charge is -2.23. The summed E-state index contributed by atoms with van der Waals surface area (Å²) < 4.78 is 5.28. The zero-order chi connectivity index (χ0) is 15.5. The average Bonchev–Trinajstić information content (AvgIpc) is 2.85. The second-order valence-corrected chi connectivity index (χ2v) is 6.05. The molecule has 2 aromatic rings. The number of aryl methyl sites for hydroxylation is 1. The van der Waals surface area contributed by atoms with E-state index in [4.69, 9.17) is 4.52 Å². The fourth-order valence-electron chi connectivity index (χ4n) is 2.27. The van der Waals surface area contributed by atoms with Crippen molar-refractivity contribution in [3.05, 3.63) is 35.7 Å². The third-order valence-corrected chi connectivity index (χ3v) is 3.15. The zero-order valence-electron chi connectivity index (χ0n) is 13.1. The highest BCUT2D eigenvalue weighted by molar-refractivity contribution is 5.54. The fraction of sp³-hybridized carbons (Fsp3) is 0.500. The molecule has 0 aliphatic rings. The standard InChI is InChI=1S/C16H23N3O2/c1-5-12-6-8-13(9-7-12)15-17-14(21-18-15)10-19(4)11-16(2,3)20/h6-9,20H,5,10-11H2,1-4H3. The van der Waals surface area contributed by atoms with Crippen LogP contribution in [-0.4, -0.2) is 39.3 Å². The molecule has 0 atom stereocenters. The van der Waals surface area contributed by atoms with E-state index in [0.29, 0.717) is 24.8 Å². The van der Waals surface area contributed by atoms with Crippen molar-refractivity contribution in [1.82, 2.24) is 15.0 Å². The second kappa shape index (κ2) is 6.37. The van der Waals surface area contributed by atoms with Crippen molar-refractivity contribution in [3.63, 3.8) is 0 Å². The van der Waals surface area contributed by atoms with Crippen molar-refractivity contribution in [3.8, 4) is 11.4 Å². The third kappa shape index (κ3) is 4.65. The zero-order valence-corrected chi connectivity index (χ0v) is 13.1. The van der Waals surface area contributed by atoms with Gasteiger partial charge in [-0.15, -0.1) is 0 Å². The van der Waals surface area contributed by atoms with Crippen LogP contribution in [0, 0.1) is 0 Å². The van der Waals surface area contributed by atoms with Crippen molar-refractivity contribution < 1.29 is 9.63 Å². The number of aromatic nitrogens is 2. The highest BCUT2D eigenvalue weighted by Crippen LogP contribution is 2.17. The Labute approximate surface area is 125 Å². The van der Waals surface area contributed by atoms with Gasteiger partial charge in [0.25, 0.3) is 0 Å². The Morgan fingerprint density at radius 2 is 1.90 bits per heavy atom. The Hall–Kier alpha value is -1.72. The summed E-state index contributed by atoms with van der Waals surface area (Å²) in [7, 11) is 1.91. The first-order valence-electron chi connectivity index (χ1n) is 7.20. The molecule has 0 fully saturated rings. The van der Waals surface area contributed by atoms with Crippen LogP contribution in [0.4, 0.5) is 0 Å². The molecule has 0 spiro atoms. The molecule has 1 aromatic heterocycles. The molecular formula is C16H23N3O2. The summed E-state index contributed by atoms with van der Waals surface area (Å²) in [6.45, 7) is 6.73. The SMILES string of the molecule is CCc1ccc(-c2noc(CN(C)CC(C)(C)O)n2)cc1. The largest absolute Gasteiger partial charge is 0.389 e. The van der Waals surface area contributed by atoms with Crippen LogP contribution in [0.1, 0.15) is 32.2 Å². The molecule has 0 radical (unpaired) electrons. The van der Waals surface area contributed by atoms with Gasteiger partial charge in [0.05, 0.1) is 12.1 Å². The maximum Gasteiger partial charge on any atom is 0.241 e. The molecule has 0 saturated heterocycles. The van der Waals surface area contributed by atoms with Gasteiger partial charge in [-0.25, -0.2) is 0 Å². The van der Waals surface area contributed by atoms with Crippen molar-refractivity contribution >= 4 is 0 Å². The van der Waals surface area contributed by atoms with E-state index in [0.717, 1.165) is 12.0 Å². The molecule has 114 valence electrons. The summed E-state index contributed by atoms with van der Waals surface area (Å²) in [5.41, 5.74) is 1.49. The summed E-state index contributed by atoms with van der Waals surface area (Å²) in [6.07, 6.45) is 1.01. The van der Waals surface area contributed by atoms with E-state index in [1.165, 1.54) is 5.56 Å². The smallest absolute Gasteiger partial charge is 0.241 e. The summed E-state index contributed by atoms with van der Waals surface area (Å²) in [4.78, 5) is 6.36. The van der Waals surface area contributed by atoms with E-state index in [2.05, 4.69) is 29.2 Å². The predicted octanol–water partition coefficient (Wildman–Crippen LogP) is 2.50. The minimum atomic E-state index is -0.742. The molecule has 1 N–H and O–H groups in total. The summed E-state index contributed by atoms with van der Waals surface area (Å²) in [5.74, 6) is 1.15. The molecule has 5 nitrogen and oxygen atoms in total. The second-order valence-electron chi connectivity index (χ2n) is 6.05. The highest BCUT2D eigenvalue weighted by Gasteiger charge is 2.18. The summed E-state index contributed by atoms with van der Waals surface area (Å²) in [6, 6.07) is 8.17. The van der Waals surface area contributed by atoms with Gasteiger partial charge in [-0.1, -0.05) is 36.3 Å². The van der Waals surface area contributed by atoms with Gasteiger partial charge in [0, 0.05) is 12.1 Å². The predicted molar refractivity (Wildman–Crippen MR) is 81.7 cm³/mol. The number of rotatable bonds is 6. The topological polar surface area (TPSA) is 62.4 Å². The molecule has 2 rings (SSSR count).